The first-order valence-electron chi connectivity index (χ1n) is 9.30. The Morgan fingerprint density at radius 3 is 2.80 bits per heavy atom. The van der Waals surface area contributed by atoms with Crippen molar-refractivity contribution in [2.24, 2.45) is 5.10 Å². The van der Waals surface area contributed by atoms with Crippen LogP contribution in [0, 0.1) is 0 Å². The molecule has 0 N–H and O–H groups in total. The van der Waals surface area contributed by atoms with Crippen molar-refractivity contribution in [3.05, 3.63) is 83.4 Å². The van der Waals surface area contributed by atoms with Crippen molar-refractivity contribution in [3.63, 3.8) is 0 Å². The zero-order valence-corrected chi connectivity index (χ0v) is 16.4. The molecular weight excluding hydrogens is 406 g/mol. The number of carbonyl (C=O) groups is 1. The molecule has 4 aromatic rings. The van der Waals surface area contributed by atoms with Crippen LogP contribution in [0.5, 0.6) is 6.01 Å². The largest absolute Gasteiger partial charge is 0.467 e. The fraction of sp³-hybridized carbons (Fsp3) is 0.143. The van der Waals surface area contributed by atoms with E-state index in [9.17, 15) is 4.79 Å². The fourth-order valence-corrected chi connectivity index (χ4v) is 3.50. The summed E-state index contributed by atoms with van der Waals surface area (Å²) in [4.78, 5) is 13.0. The molecule has 1 aromatic carbocycles. The second-order valence-corrected chi connectivity index (χ2v) is 7.16. The third-order valence-corrected chi connectivity index (χ3v) is 5.07. The number of furan rings is 1. The molecule has 0 spiro atoms. The van der Waals surface area contributed by atoms with Crippen LogP contribution in [-0.4, -0.2) is 37.8 Å². The lowest BCUT2D eigenvalue weighted by atomic mass is 10.0. The summed E-state index contributed by atoms with van der Waals surface area (Å²) in [6, 6.07) is 16.4. The highest BCUT2D eigenvalue weighted by Crippen LogP contribution is 2.33. The van der Waals surface area contributed by atoms with Gasteiger partial charge in [0.1, 0.15) is 11.8 Å². The van der Waals surface area contributed by atoms with Gasteiger partial charge in [-0.3, -0.25) is 9.20 Å². The van der Waals surface area contributed by atoms with Crippen molar-refractivity contribution >= 4 is 28.9 Å². The molecule has 0 bridgehead atoms. The number of carbonyl (C=O) groups excluding carboxylic acids is 1. The first kappa shape index (κ1) is 18.4. The summed E-state index contributed by atoms with van der Waals surface area (Å²) in [5.41, 5.74) is 2.31. The Bertz CT molecular complexity index is 1220. The molecule has 3 aromatic heterocycles. The van der Waals surface area contributed by atoms with Gasteiger partial charge >= 0.3 is 6.01 Å². The number of aromatic nitrogens is 3. The molecule has 0 unspecified atom stereocenters. The first-order valence-corrected chi connectivity index (χ1v) is 9.68. The number of fused-ring (bicyclic) bond motifs is 1. The van der Waals surface area contributed by atoms with Gasteiger partial charge in [0, 0.05) is 17.6 Å². The monoisotopic (exact) mass is 421 g/mol. The van der Waals surface area contributed by atoms with Gasteiger partial charge in [-0.15, -0.1) is 5.10 Å². The topological polar surface area (TPSA) is 85.2 Å². The number of benzene rings is 1. The van der Waals surface area contributed by atoms with E-state index in [2.05, 4.69) is 15.3 Å². The lowest BCUT2D eigenvalue weighted by Gasteiger charge is -2.19. The molecule has 0 saturated heterocycles. The van der Waals surface area contributed by atoms with E-state index < -0.39 is 0 Å². The summed E-state index contributed by atoms with van der Waals surface area (Å²) in [5, 5.41) is 14.6. The SMILES string of the molecule is O=C(COc1nnc2ccccn12)N1N=C(c2ccc(Cl)cc2)C[C@@H]1c1ccco1. The van der Waals surface area contributed by atoms with Crippen molar-refractivity contribution < 1.29 is 13.9 Å². The van der Waals surface area contributed by atoms with Gasteiger partial charge in [-0.25, -0.2) is 5.01 Å². The quantitative estimate of drug-likeness (QED) is 0.490. The molecule has 0 aliphatic carbocycles. The second kappa shape index (κ2) is 7.64. The molecule has 1 amide bonds. The van der Waals surface area contributed by atoms with Crippen LogP contribution in [0.1, 0.15) is 23.8 Å². The number of hydrogen-bond acceptors (Lipinski definition) is 6. The van der Waals surface area contributed by atoms with Crippen LogP contribution in [0.2, 0.25) is 5.02 Å². The van der Waals surface area contributed by atoms with Gasteiger partial charge in [0.2, 0.25) is 0 Å². The predicted molar refractivity (Wildman–Crippen MR) is 109 cm³/mol. The highest BCUT2D eigenvalue weighted by atomic mass is 35.5. The number of hydrogen-bond donors (Lipinski definition) is 0. The summed E-state index contributed by atoms with van der Waals surface area (Å²) < 4.78 is 12.9. The third kappa shape index (κ3) is 3.42. The van der Waals surface area contributed by atoms with Gasteiger partial charge in [0.15, 0.2) is 12.3 Å². The molecule has 1 atom stereocenters. The molecule has 30 heavy (non-hydrogen) atoms. The van der Waals surface area contributed by atoms with Crippen LogP contribution in [0.4, 0.5) is 0 Å². The van der Waals surface area contributed by atoms with Gasteiger partial charge in [-0.2, -0.15) is 5.10 Å². The van der Waals surface area contributed by atoms with Gasteiger partial charge in [-0.1, -0.05) is 34.9 Å². The van der Waals surface area contributed by atoms with Crippen LogP contribution in [0.25, 0.3) is 5.65 Å². The maximum atomic E-state index is 13.0. The normalized spacial score (nSPS) is 16.1. The van der Waals surface area contributed by atoms with Crippen molar-refractivity contribution in [2.45, 2.75) is 12.5 Å². The summed E-state index contributed by atoms with van der Waals surface area (Å²) >= 11 is 5.99. The predicted octanol–water partition coefficient (Wildman–Crippen LogP) is 3.73. The Morgan fingerprint density at radius 2 is 2.00 bits per heavy atom. The lowest BCUT2D eigenvalue weighted by molar-refractivity contribution is -0.135. The molecule has 0 saturated carbocycles. The van der Waals surface area contributed by atoms with Gasteiger partial charge < -0.3 is 9.15 Å². The van der Waals surface area contributed by atoms with E-state index in [-0.39, 0.29) is 24.6 Å². The minimum absolute atomic E-state index is 0.232. The maximum absolute atomic E-state index is 13.0. The number of hydrazone groups is 1. The molecule has 4 heterocycles. The molecule has 0 radical (unpaired) electrons. The zero-order valence-electron chi connectivity index (χ0n) is 15.7. The van der Waals surface area contributed by atoms with E-state index in [4.69, 9.17) is 20.8 Å². The molecule has 1 aliphatic rings. The zero-order chi connectivity index (χ0) is 20.5. The summed E-state index contributed by atoms with van der Waals surface area (Å²) in [6.45, 7) is -0.232. The Morgan fingerprint density at radius 1 is 1.13 bits per heavy atom. The second-order valence-electron chi connectivity index (χ2n) is 6.73. The van der Waals surface area contributed by atoms with E-state index in [1.807, 2.05) is 30.3 Å². The number of rotatable bonds is 5. The smallest absolute Gasteiger partial charge is 0.322 e. The molecule has 150 valence electrons. The number of amides is 1. The number of nitrogens with zero attached hydrogens (tertiary/aromatic N) is 5. The van der Waals surface area contributed by atoms with Crippen molar-refractivity contribution in [1.82, 2.24) is 19.6 Å². The van der Waals surface area contributed by atoms with Crippen molar-refractivity contribution in [3.8, 4) is 6.01 Å². The average Bonchev–Trinajstić information content (AvgIpc) is 3.51. The minimum atomic E-state index is -0.350. The van der Waals surface area contributed by atoms with Crippen LogP contribution in [-0.2, 0) is 4.79 Å². The molecule has 8 nitrogen and oxygen atoms in total. The van der Waals surface area contributed by atoms with E-state index in [0.717, 1.165) is 11.3 Å². The Hall–Kier alpha value is -3.65. The van der Waals surface area contributed by atoms with E-state index in [1.165, 1.54) is 5.01 Å². The molecular formula is C21H16ClN5O3. The maximum Gasteiger partial charge on any atom is 0.322 e. The van der Waals surface area contributed by atoms with Crippen molar-refractivity contribution in [1.29, 1.82) is 0 Å². The van der Waals surface area contributed by atoms with Gasteiger partial charge in [0.05, 0.1) is 12.0 Å². The lowest BCUT2D eigenvalue weighted by Crippen LogP contribution is -2.31. The number of pyridine rings is 1. The summed E-state index contributed by atoms with van der Waals surface area (Å²) in [6.07, 6.45) is 3.87. The highest BCUT2D eigenvalue weighted by molar-refractivity contribution is 6.30. The third-order valence-electron chi connectivity index (χ3n) is 4.82. The van der Waals surface area contributed by atoms with Crippen LogP contribution < -0.4 is 4.74 Å². The van der Waals surface area contributed by atoms with Crippen LogP contribution in [0.15, 0.2) is 76.6 Å². The van der Waals surface area contributed by atoms with E-state index in [0.29, 0.717) is 22.9 Å². The van der Waals surface area contributed by atoms with E-state index >= 15 is 0 Å². The van der Waals surface area contributed by atoms with Crippen LogP contribution >= 0.6 is 11.6 Å². The number of ether oxygens (including phenoxy) is 1. The van der Waals surface area contributed by atoms with Gasteiger partial charge in [-0.05, 0) is 42.0 Å². The number of halogens is 1. The minimum Gasteiger partial charge on any atom is -0.467 e. The standard InChI is InChI=1S/C21H16ClN5O3/c22-15-8-6-14(7-9-15)16-12-17(18-4-3-11-29-18)27(25-16)20(28)13-30-21-24-23-19-5-1-2-10-26(19)21/h1-11,17H,12-13H2/t17-/m1/s1. The fourth-order valence-electron chi connectivity index (χ4n) is 3.37. The van der Waals surface area contributed by atoms with E-state index in [1.54, 1.807) is 41.1 Å². The van der Waals surface area contributed by atoms with Crippen LogP contribution in [0.3, 0.4) is 0 Å². The molecule has 5 rings (SSSR count). The molecule has 9 heteroatoms. The molecule has 1 aliphatic heterocycles. The highest BCUT2D eigenvalue weighted by Gasteiger charge is 2.35. The Labute approximate surface area is 176 Å². The average molecular weight is 422 g/mol. The van der Waals surface area contributed by atoms with Crippen molar-refractivity contribution in [2.75, 3.05) is 6.61 Å². The summed E-state index contributed by atoms with van der Waals surface area (Å²) in [5.74, 6) is 0.344. The Kier molecular flexibility index (Phi) is 4.68. The van der Waals surface area contributed by atoms with Gasteiger partial charge in [0.25, 0.3) is 5.91 Å². The summed E-state index contributed by atoms with van der Waals surface area (Å²) in [7, 11) is 0. The Balaban J connectivity index is 1.38. The first-order chi connectivity index (χ1) is 14.7. The molecule has 0 fully saturated rings.